The zero-order valence-corrected chi connectivity index (χ0v) is 17.6. The number of amides is 1. The number of nitrogens with zero attached hydrogens (tertiary/aromatic N) is 2. The van der Waals surface area contributed by atoms with Crippen LogP contribution in [0.1, 0.15) is 29.0 Å². The molecule has 8 heteroatoms. The number of ether oxygens (including phenoxy) is 1. The second kappa shape index (κ2) is 9.54. The number of rotatable bonds is 9. The molecule has 0 bridgehead atoms. The van der Waals surface area contributed by atoms with Gasteiger partial charge in [-0.25, -0.2) is 5.84 Å². The van der Waals surface area contributed by atoms with Gasteiger partial charge in [-0.2, -0.15) is 0 Å². The monoisotopic (exact) mass is 418 g/mol. The lowest BCUT2D eigenvalue weighted by atomic mass is 9.86. The summed E-state index contributed by atoms with van der Waals surface area (Å²) in [7, 11) is 4.90. The van der Waals surface area contributed by atoms with E-state index in [1.54, 1.807) is 33.3 Å². The topological polar surface area (TPSA) is 105 Å². The summed E-state index contributed by atoms with van der Waals surface area (Å²) in [6.45, 7) is 4.01. The molecule has 1 unspecified atom stereocenters. The van der Waals surface area contributed by atoms with Gasteiger partial charge in [0.15, 0.2) is 0 Å². The second-order valence-corrected chi connectivity index (χ2v) is 7.37. The maximum atomic E-state index is 11.0. The van der Waals surface area contributed by atoms with Gasteiger partial charge in [-0.1, -0.05) is 30.3 Å². The van der Waals surface area contributed by atoms with Gasteiger partial charge < -0.3 is 25.5 Å². The standard InChI is InChI=1S/C21H27ClN4O3/c1-13(28)7-17(14-5-6-18(22)16(8-14)11-25(2)12-27)15-9-19(23)21(26(3)24)20(10-15)29-4/h5-6,8-10,12,17,28H,1,7,11,23-24H2,2-4H3. The first kappa shape index (κ1) is 22.4. The molecule has 1 amide bonds. The molecule has 5 N–H and O–H groups in total. The minimum Gasteiger partial charge on any atom is -0.513 e. The summed E-state index contributed by atoms with van der Waals surface area (Å²) in [4.78, 5) is 12.5. The molecule has 0 spiro atoms. The van der Waals surface area contributed by atoms with Crippen LogP contribution in [-0.2, 0) is 11.3 Å². The third-order valence-corrected chi connectivity index (χ3v) is 4.98. The van der Waals surface area contributed by atoms with Crippen LogP contribution in [0.2, 0.25) is 5.02 Å². The Morgan fingerprint density at radius 1 is 1.31 bits per heavy atom. The van der Waals surface area contributed by atoms with Crippen molar-refractivity contribution in [3.63, 3.8) is 0 Å². The maximum absolute atomic E-state index is 11.0. The number of anilines is 2. The van der Waals surface area contributed by atoms with E-state index in [9.17, 15) is 9.90 Å². The summed E-state index contributed by atoms with van der Waals surface area (Å²) in [5.74, 6) is 6.18. The van der Waals surface area contributed by atoms with Gasteiger partial charge in [0.25, 0.3) is 0 Å². The molecule has 2 rings (SSSR count). The van der Waals surface area contributed by atoms with Crippen molar-refractivity contribution in [2.45, 2.75) is 18.9 Å². The Balaban J connectivity index is 2.58. The Bertz CT molecular complexity index is 902. The zero-order valence-electron chi connectivity index (χ0n) is 16.9. The van der Waals surface area contributed by atoms with Gasteiger partial charge in [0.05, 0.1) is 18.6 Å². The molecule has 0 aliphatic carbocycles. The van der Waals surface area contributed by atoms with E-state index >= 15 is 0 Å². The average molecular weight is 419 g/mol. The van der Waals surface area contributed by atoms with E-state index in [1.807, 2.05) is 18.2 Å². The van der Waals surface area contributed by atoms with Crippen molar-refractivity contribution in [3.05, 3.63) is 64.4 Å². The lowest BCUT2D eigenvalue weighted by molar-refractivity contribution is -0.117. The number of halogens is 1. The Hall–Kier alpha value is -2.90. The van der Waals surface area contributed by atoms with Crippen LogP contribution in [0, 0.1) is 0 Å². The minimum atomic E-state index is -0.251. The molecule has 0 fully saturated rings. The number of benzene rings is 2. The number of methoxy groups -OCH3 is 1. The molecule has 0 saturated carbocycles. The summed E-state index contributed by atoms with van der Waals surface area (Å²) in [6.07, 6.45) is 1.02. The van der Waals surface area contributed by atoms with Crippen LogP contribution in [-0.4, -0.2) is 37.6 Å². The average Bonchev–Trinajstić information content (AvgIpc) is 2.66. The van der Waals surface area contributed by atoms with Crippen LogP contribution < -0.4 is 21.3 Å². The van der Waals surface area contributed by atoms with Crippen molar-refractivity contribution in [1.82, 2.24) is 4.90 Å². The van der Waals surface area contributed by atoms with E-state index in [1.165, 1.54) is 9.91 Å². The van der Waals surface area contributed by atoms with Gasteiger partial charge >= 0.3 is 0 Å². The lowest BCUT2D eigenvalue weighted by Crippen LogP contribution is -2.26. The number of nitrogens with two attached hydrogens (primary N) is 2. The fourth-order valence-corrected chi connectivity index (χ4v) is 3.47. The fraction of sp³-hybridized carbons (Fsp3) is 0.286. The first-order valence-corrected chi connectivity index (χ1v) is 9.32. The molecule has 0 heterocycles. The van der Waals surface area contributed by atoms with Crippen LogP contribution in [0.5, 0.6) is 5.75 Å². The van der Waals surface area contributed by atoms with Gasteiger partial charge in [-0.05, 0) is 34.9 Å². The highest BCUT2D eigenvalue weighted by molar-refractivity contribution is 6.31. The van der Waals surface area contributed by atoms with Gasteiger partial charge in [0.1, 0.15) is 11.4 Å². The summed E-state index contributed by atoms with van der Waals surface area (Å²) in [5.41, 5.74) is 9.78. The SMILES string of the molecule is C=C(O)CC(c1ccc(Cl)c(CN(C)C=O)c1)c1cc(N)c(N(C)N)c(OC)c1. The number of carbonyl (C=O) groups is 1. The van der Waals surface area contributed by atoms with Crippen molar-refractivity contribution in [2.24, 2.45) is 5.84 Å². The molecular weight excluding hydrogens is 392 g/mol. The highest BCUT2D eigenvalue weighted by Crippen LogP contribution is 2.40. The third kappa shape index (κ3) is 5.34. The first-order valence-electron chi connectivity index (χ1n) is 8.94. The van der Waals surface area contributed by atoms with E-state index in [-0.39, 0.29) is 18.1 Å². The predicted molar refractivity (Wildman–Crippen MR) is 117 cm³/mol. The Labute approximate surface area is 176 Å². The maximum Gasteiger partial charge on any atom is 0.209 e. The summed E-state index contributed by atoms with van der Waals surface area (Å²) in [5, 5.41) is 11.9. The summed E-state index contributed by atoms with van der Waals surface area (Å²) in [6, 6.07) is 9.23. The molecule has 0 saturated heterocycles. The summed E-state index contributed by atoms with van der Waals surface area (Å²) < 4.78 is 5.48. The fourth-order valence-electron chi connectivity index (χ4n) is 3.29. The third-order valence-electron chi connectivity index (χ3n) is 4.61. The Morgan fingerprint density at radius 2 is 2.00 bits per heavy atom. The van der Waals surface area contributed by atoms with Crippen molar-refractivity contribution in [3.8, 4) is 5.75 Å². The number of nitrogen functional groups attached to an aromatic ring is 1. The molecule has 2 aromatic rings. The van der Waals surface area contributed by atoms with E-state index in [4.69, 9.17) is 27.9 Å². The number of aliphatic hydroxyl groups excluding tert-OH is 1. The summed E-state index contributed by atoms with van der Waals surface area (Å²) >= 11 is 6.31. The molecule has 0 aliphatic heterocycles. The molecule has 2 aromatic carbocycles. The van der Waals surface area contributed by atoms with Gasteiger partial charge in [0.2, 0.25) is 6.41 Å². The molecule has 156 valence electrons. The molecule has 29 heavy (non-hydrogen) atoms. The Kier molecular flexibility index (Phi) is 7.36. The number of aliphatic hydroxyl groups is 1. The second-order valence-electron chi connectivity index (χ2n) is 6.97. The van der Waals surface area contributed by atoms with E-state index in [0.717, 1.165) is 23.1 Å². The molecule has 7 nitrogen and oxygen atoms in total. The first-order chi connectivity index (χ1) is 13.7. The van der Waals surface area contributed by atoms with Gasteiger partial charge in [0, 0.05) is 38.0 Å². The van der Waals surface area contributed by atoms with Crippen LogP contribution in [0.4, 0.5) is 11.4 Å². The van der Waals surface area contributed by atoms with Crippen LogP contribution >= 0.6 is 11.6 Å². The number of hydrogen-bond acceptors (Lipinski definition) is 6. The van der Waals surface area contributed by atoms with Crippen LogP contribution in [0.3, 0.4) is 0 Å². The van der Waals surface area contributed by atoms with Crippen molar-refractivity contribution >= 4 is 29.4 Å². The highest BCUT2D eigenvalue weighted by Gasteiger charge is 2.21. The highest BCUT2D eigenvalue weighted by atomic mass is 35.5. The van der Waals surface area contributed by atoms with Crippen molar-refractivity contribution in [2.75, 3.05) is 31.9 Å². The molecule has 1 atom stereocenters. The number of hydrogen-bond donors (Lipinski definition) is 3. The smallest absolute Gasteiger partial charge is 0.209 e. The molecule has 0 aliphatic rings. The number of allylic oxidation sites excluding steroid dienone is 1. The van der Waals surface area contributed by atoms with Crippen LogP contribution in [0.15, 0.2) is 42.7 Å². The van der Waals surface area contributed by atoms with E-state index in [0.29, 0.717) is 28.7 Å². The van der Waals surface area contributed by atoms with Crippen molar-refractivity contribution in [1.29, 1.82) is 0 Å². The van der Waals surface area contributed by atoms with Gasteiger partial charge in [-0.3, -0.25) is 4.79 Å². The quantitative estimate of drug-likeness (QED) is 0.189. The molecule has 0 aromatic heterocycles. The van der Waals surface area contributed by atoms with E-state index in [2.05, 4.69) is 6.58 Å². The predicted octanol–water partition coefficient (Wildman–Crippen LogP) is 3.42. The molecular formula is C21H27ClN4O3. The van der Waals surface area contributed by atoms with E-state index < -0.39 is 0 Å². The van der Waals surface area contributed by atoms with Crippen molar-refractivity contribution < 1.29 is 14.6 Å². The number of hydrazine groups is 1. The zero-order chi connectivity index (χ0) is 21.7. The minimum absolute atomic E-state index is 0.0362. The largest absolute Gasteiger partial charge is 0.513 e. The number of carbonyl (C=O) groups excluding carboxylic acids is 1. The van der Waals surface area contributed by atoms with Gasteiger partial charge in [-0.15, -0.1) is 0 Å². The Morgan fingerprint density at radius 3 is 2.55 bits per heavy atom. The lowest BCUT2D eigenvalue weighted by Gasteiger charge is -2.24. The van der Waals surface area contributed by atoms with Crippen LogP contribution in [0.25, 0.3) is 0 Å². The molecule has 0 radical (unpaired) electrons. The normalized spacial score (nSPS) is 11.6.